The second kappa shape index (κ2) is 8.09. The Labute approximate surface area is 185 Å². The number of carbonyl (C=O) groups is 3. The molecule has 0 radical (unpaired) electrons. The summed E-state index contributed by atoms with van der Waals surface area (Å²) in [6.45, 7) is 0.463. The van der Waals surface area contributed by atoms with E-state index in [1.54, 1.807) is 24.3 Å². The highest BCUT2D eigenvalue weighted by Crippen LogP contribution is 2.36. The second-order valence-electron chi connectivity index (χ2n) is 6.85. The van der Waals surface area contributed by atoms with E-state index in [0.717, 1.165) is 32.3 Å². The SMILES string of the molecule is O=C(NCCN1C(=O)SC(=Cc2ccc3c(c2)OCO3)C1=O)c1cc2ccccc2s1. The summed E-state index contributed by atoms with van der Waals surface area (Å²) in [6, 6.07) is 14.9. The van der Waals surface area contributed by atoms with Crippen LogP contribution < -0.4 is 14.8 Å². The van der Waals surface area contributed by atoms with Crippen molar-refractivity contribution in [1.82, 2.24) is 10.2 Å². The van der Waals surface area contributed by atoms with Gasteiger partial charge in [-0.15, -0.1) is 11.3 Å². The van der Waals surface area contributed by atoms with Crippen molar-refractivity contribution >= 4 is 56.3 Å². The lowest BCUT2D eigenvalue weighted by molar-refractivity contribution is -0.122. The highest BCUT2D eigenvalue weighted by molar-refractivity contribution is 8.18. The number of amides is 3. The van der Waals surface area contributed by atoms with E-state index in [0.29, 0.717) is 21.3 Å². The van der Waals surface area contributed by atoms with Gasteiger partial charge in [0.05, 0.1) is 9.78 Å². The number of thiophene rings is 1. The van der Waals surface area contributed by atoms with Crippen molar-refractivity contribution in [3.63, 3.8) is 0 Å². The van der Waals surface area contributed by atoms with E-state index in [-0.39, 0.29) is 36.9 Å². The van der Waals surface area contributed by atoms with Crippen LogP contribution in [0, 0.1) is 0 Å². The largest absolute Gasteiger partial charge is 0.454 e. The highest BCUT2D eigenvalue weighted by Gasteiger charge is 2.34. The predicted octanol–water partition coefficient (Wildman–Crippen LogP) is 4.10. The third kappa shape index (κ3) is 3.89. The molecule has 3 aromatic rings. The third-order valence-corrected chi connectivity index (χ3v) is 6.86. The molecule has 9 heteroatoms. The molecular formula is C22H16N2O5S2. The molecule has 31 heavy (non-hydrogen) atoms. The summed E-state index contributed by atoms with van der Waals surface area (Å²) in [6.07, 6.45) is 1.66. The van der Waals surface area contributed by atoms with E-state index in [1.165, 1.54) is 11.3 Å². The van der Waals surface area contributed by atoms with Crippen LogP contribution in [0.2, 0.25) is 0 Å². The van der Waals surface area contributed by atoms with Crippen LogP contribution in [0.3, 0.4) is 0 Å². The summed E-state index contributed by atoms with van der Waals surface area (Å²) < 4.78 is 11.7. The van der Waals surface area contributed by atoms with E-state index in [9.17, 15) is 14.4 Å². The topological polar surface area (TPSA) is 84.9 Å². The number of ether oxygens (including phenoxy) is 2. The van der Waals surface area contributed by atoms with Gasteiger partial charge in [0.25, 0.3) is 17.1 Å². The monoisotopic (exact) mass is 452 g/mol. The molecule has 0 bridgehead atoms. The van der Waals surface area contributed by atoms with Crippen LogP contribution in [0.25, 0.3) is 16.2 Å². The zero-order valence-electron chi connectivity index (χ0n) is 16.1. The van der Waals surface area contributed by atoms with Crippen LogP contribution in [0.1, 0.15) is 15.2 Å². The molecule has 1 aromatic heterocycles. The van der Waals surface area contributed by atoms with Crippen LogP contribution >= 0.6 is 23.1 Å². The van der Waals surface area contributed by atoms with Gasteiger partial charge in [-0.1, -0.05) is 24.3 Å². The molecule has 7 nitrogen and oxygen atoms in total. The van der Waals surface area contributed by atoms with Crippen molar-refractivity contribution in [2.75, 3.05) is 19.9 Å². The van der Waals surface area contributed by atoms with Gasteiger partial charge in [0.1, 0.15) is 0 Å². The number of nitrogens with one attached hydrogen (secondary N) is 1. The molecule has 1 saturated heterocycles. The van der Waals surface area contributed by atoms with Crippen LogP contribution in [-0.4, -0.2) is 41.8 Å². The molecule has 0 spiro atoms. The first-order valence-electron chi connectivity index (χ1n) is 9.50. The minimum Gasteiger partial charge on any atom is -0.454 e. The van der Waals surface area contributed by atoms with Crippen LogP contribution in [0.4, 0.5) is 4.79 Å². The molecule has 2 aromatic carbocycles. The predicted molar refractivity (Wildman–Crippen MR) is 119 cm³/mol. The minimum absolute atomic E-state index is 0.111. The van der Waals surface area contributed by atoms with Crippen molar-refractivity contribution in [1.29, 1.82) is 0 Å². The van der Waals surface area contributed by atoms with Crippen LogP contribution in [0.15, 0.2) is 53.4 Å². The Morgan fingerprint density at radius 2 is 1.94 bits per heavy atom. The minimum atomic E-state index is -0.372. The number of carbonyl (C=O) groups excluding carboxylic acids is 3. The Hall–Kier alpha value is -3.30. The maximum atomic E-state index is 12.7. The van der Waals surface area contributed by atoms with Gasteiger partial charge in [0.15, 0.2) is 11.5 Å². The van der Waals surface area contributed by atoms with Crippen LogP contribution in [0.5, 0.6) is 11.5 Å². The Morgan fingerprint density at radius 3 is 2.81 bits per heavy atom. The smallest absolute Gasteiger partial charge is 0.293 e. The van der Waals surface area contributed by atoms with E-state index in [4.69, 9.17) is 9.47 Å². The first-order valence-corrected chi connectivity index (χ1v) is 11.1. The lowest BCUT2D eigenvalue weighted by Crippen LogP contribution is -2.37. The number of thioether (sulfide) groups is 1. The van der Waals surface area contributed by atoms with Gasteiger partial charge in [-0.2, -0.15) is 0 Å². The summed E-state index contributed by atoms with van der Waals surface area (Å²) >= 11 is 2.29. The summed E-state index contributed by atoms with van der Waals surface area (Å²) in [4.78, 5) is 39.5. The normalized spacial score (nSPS) is 16.5. The van der Waals surface area contributed by atoms with E-state index in [1.807, 2.05) is 30.3 Å². The number of benzene rings is 2. The van der Waals surface area contributed by atoms with Crippen molar-refractivity contribution in [2.45, 2.75) is 0 Å². The van der Waals surface area contributed by atoms with Crippen molar-refractivity contribution in [2.24, 2.45) is 0 Å². The van der Waals surface area contributed by atoms with Crippen molar-refractivity contribution < 1.29 is 23.9 Å². The fraction of sp³-hybridized carbons (Fsp3) is 0.136. The Kier molecular flexibility index (Phi) is 5.13. The number of fused-ring (bicyclic) bond motifs is 2. The fourth-order valence-electron chi connectivity index (χ4n) is 3.31. The van der Waals surface area contributed by atoms with Gasteiger partial charge in [0.2, 0.25) is 6.79 Å². The maximum Gasteiger partial charge on any atom is 0.293 e. The quantitative estimate of drug-likeness (QED) is 0.587. The summed E-state index contributed by atoms with van der Waals surface area (Å²) in [7, 11) is 0. The molecule has 0 saturated carbocycles. The van der Waals surface area contributed by atoms with E-state index < -0.39 is 0 Å². The summed E-state index contributed by atoms with van der Waals surface area (Å²) in [5.74, 6) is 0.671. The lowest BCUT2D eigenvalue weighted by Gasteiger charge is -2.12. The first kappa shape index (κ1) is 19.7. The van der Waals surface area contributed by atoms with Gasteiger partial charge >= 0.3 is 0 Å². The van der Waals surface area contributed by atoms with Gasteiger partial charge in [-0.25, -0.2) is 0 Å². The van der Waals surface area contributed by atoms with Crippen molar-refractivity contribution in [3.05, 3.63) is 63.9 Å². The Morgan fingerprint density at radius 1 is 1.10 bits per heavy atom. The zero-order valence-corrected chi connectivity index (χ0v) is 17.8. The van der Waals surface area contributed by atoms with Gasteiger partial charge in [0, 0.05) is 17.8 Å². The standard InChI is InChI=1S/C22H16N2O5S2/c25-20(18-11-14-3-1-2-4-17(14)30-18)23-7-8-24-21(26)19(31-22(24)27)10-13-5-6-15-16(9-13)29-12-28-15/h1-6,9-11H,7-8,12H2,(H,23,25). The van der Waals surface area contributed by atoms with Gasteiger partial charge < -0.3 is 14.8 Å². The molecular weight excluding hydrogens is 436 g/mol. The molecule has 2 aliphatic heterocycles. The second-order valence-corrected chi connectivity index (χ2v) is 8.93. The third-order valence-electron chi connectivity index (χ3n) is 4.84. The molecule has 5 rings (SSSR count). The fourth-order valence-corrected chi connectivity index (χ4v) is 5.15. The number of hydrogen-bond donors (Lipinski definition) is 1. The molecule has 3 heterocycles. The average molecular weight is 453 g/mol. The maximum absolute atomic E-state index is 12.7. The zero-order chi connectivity index (χ0) is 21.4. The number of imide groups is 1. The molecule has 3 amide bonds. The van der Waals surface area contributed by atoms with Crippen molar-refractivity contribution in [3.8, 4) is 11.5 Å². The summed E-state index contributed by atoms with van der Waals surface area (Å²) in [5, 5.41) is 3.44. The number of rotatable bonds is 5. The molecule has 0 aliphatic carbocycles. The number of nitrogens with zero attached hydrogens (tertiary/aromatic N) is 1. The highest BCUT2D eigenvalue weighted by atomic mass is 32.2. The van der Waals surface area contributed by atoms with E-state index >= 15 is 0 Å². The Bertz CT molecular complexity index is 1220. The van der Waals surface area contributed by atoms with E-state index in [2.05, 4.69) is 5.32 Å². The summed E-state index contributed by atoms with van der Waals surface area (Å²) in [5.41, 5.74) is 0.743. The molecule has 2 aliphatic rings. The van der Waals surface area contributed by atoms with Gasteiger partial charge in [-0.3, -0.25) is 19.3 Å². The first-order chi connectivity index (χ1) is 15.1. The molecule has 1 fully saturated rings. The lowest BCUT2D eigenvalue weighted by atomic mass is 10.2. The number of hydrogen-bond acceptors (Lipinski definition) is 7. The molecule has 0 unspecified atom stereocenters. The Balaban J connectivity index is 1.21. The molecule has 156 valence electrons. The van der Waals surface area contributed by atoms with Gasteiger partial charge in [-0.05, 0) is 53.1 Å². The average Bonchev–Trinajstić information content (AvgIpc) is 3.47. The molecule has 1 N–H and O–H groups in total. The van der Waals surface area contributed by atoms with Crippen LogP contribution in [-0.2, 0) is 4.79 Å². The molecule has 0 atom stereocenters.